The summed E-state index contributed by atoms with van der Waals surface area (Å²) in [6.45, 7) is 6.04. The number of fused-ring (bicyclic) bond motifs is 1. The van der Waals surface area contributed by atoms with Gasteiger partial charge in [0.05, 0.1) is 5.52 Å². The van der Waals surface area contributed by atoms with Crippen molar-refractivity contribution in [2.45, 2.75) is 26.3 Å². The summed E-state index contributed by atoms with van der Waals surface area (Å²) < 4.78 is 2.86. The number of halogens is 1. The fraction of sp³-hybridized carbons (Fsp3) is 0.286. The van der Waals surface area contributed by atoms with Crippen molar-refractivity contribution in [3.05, 3.63) is 43.8 Å². The molecule has 2 aromatic rings. The van der Waals surface area contributed by atoms with Gasteiger partial charge in [0, 0.05) is 20.7 Å². The Morgan fingerprint density at radius 2 is 1.95 bits per heavy atom. The largest absolute Gasteiger partial charge is 0.365 e. The van der Waals surface area contributed by atoms with Crippen LogP contribution in [0.15, 0.2) is 29.2 Å². The van der Waals surface area contributed by atoms with Crippen LogP contribution in [0.25, 0.3) is 10.9 Å². The van der Waals surface area contributed by atoms with Gasteiger partial charge in [-0.3, -0.25) is 9.59 Å². The molecule has 0 radical (unpaired) electrons. The first-order valence-electron chi connectivity index (χ1n) is 5.87. The molecule has 0 spiro atoms. The number of nitrogens with two attached hydrogens (primary N) is 1. The second-order valence-electron chi connectivity index (χ2n) is 5.44. The number of nitrogens with zero attached hydrogens (tertiary/aromatic N) is 1. The zero-order valence-corrected chi connectivity index (χ0v) is 13.2. The Morgan fingerprint density at radius 3 is 2.47 bits per heavy atom. The van der Waals surface area contributed by atoms with Crippen LogP contribution < -0.4 is 11.2 Å². The quantitative estimate of drug-likeness (QED) is 0.784. The molecule has 0 aliphatic carbocycles. The SMILES string of the molecule is CC(C)(C)n1cc(C(N)=O)c(=O)c2cc(I)ccc21. The Bertz CT molecular complexity index is 727. The number of rotatable bonds is 1. The minimum Gasteiger partial charge on any atom is -0.365 e. The molecule has 1 aromatic carbocycles. The number of hydrogen-bond donors (Lipinski definition) is 1. The number of amides is 1. The van der Waals surface area contributed by atoms with E-state index in [9.17, 15) is 9.59 Å². The standard InChI is InChI=1S/C14H15IN2O2/c1-14(2,3)17-7-10(13(16)19)12(18)9-6-8(15)4-5-11(9)17/h4-7H,1-3H3,(H2,16,19). The highest BCUT2D eigenvalue weighted by molar-refractivity contribution is 14.1. The van der Waals surface area contributed by atoms with E-state index in [0.717, 1.165) is 9.09 Å². The lowest BCUT2D eigenvalue weighted by atomic mass is 10.0. The Labute approximate surface area is 124 Å². The zero-order chi connectivity index (χ0) is 14.4. The molecule has 1 amide bonds. The van der Waals surface area contributed by atoms with Crippen LogP contribution in [0.4, 0.5) is 0 Å². The molecule has 0 fully saturated rings. The van der Waals surface area contributed by atoms with E-state index in [2.05, 4.69) is 22.6 Å². The summed E-state index contributed by atoms with van der Waals surface area (Å²) in [6.07, 6.45) is 1.56. The van der Waals surface area contributed by atoms with Crippen molar-refractivity contribution in [2.24, 2.45) is 5.73 Å². The summed E-state index contributed by atoms with van der Waals surface area (Å²) in [5.74, 6) is -0.691. The van der Waals surface area contributed by atoms with Crippen LogP contribution in [0.2, 0.25) is 0 Å². The number of carbonyl (C=O) groups is 1. The number of carbonyl (C=O) groups excluding carboxylic acids is 1. The van der Waals surface area contributed by atoms with Crippen LogP contribution in [0, 0.1) is 3.57 Å². The summed E-state index contributed by atoms with van der Waals surface area (Å²) in [5.41, 5.74) is 5.59. The molecule has 4 nitrogen and oxygen atoms in total. The normalized spacial score (nSPS) is 11.8. The second-order valence-corrected chi connectivity index (χ2v) is 6.68. The van der Waals surface area contributed by atoms with Crippen molar-refractivity contribution in [3.8, 4) is 0 Å². The van der Waals surface area contributed by atoms with Crippen molar-refractivity contribution in [1.29, 1.82) is 0 Å². The maximum absolute atomic E-state index is 12.3. The van der Waals surface area contributed by atoms with Crippen LogP contribution >= 0.6 is 22.6 Å². The van der Waals surface area contributed by atoms with Crippen LogP contribution in [-0.2, 0) is 5.54 Å². The molecule has 1 heterocycles. The van der Waals surface area contributed by atoms with Gasteiger partial charge in [-0.05, 0) is 61.6 Å². The predicted molar refractivity (Wildman–Crippen MR) is 84.4 cm³/mol. The average molecular weight is 370 g/mol. The summed E-state index contributed by atoms with van der Waals surface area (Å²) in [4.78, 5) is 23.7. The molecule has 0 saturated carbocycles. The maximum Gasteiger partial charge on any atom is 0.254 e. The molecule has 0 unspecified atom stereocenters. The highest BCUT2D eigenvalue weighted by Gasteiger charge is 2.19. The Balaban J connectivity index is 3.01. The van der Waals surface area contributed by atoms with Crippen molar-refractivity contribution in [2.75, 3.05) is 0 Å². The fourth-order valence-electron chi connectivity index (χ4n) is 2.03. The minimum absolute atomic E-state index is 0.0319. The number of benzene rings is 1. The summed E-state index contributed by atoms with van der Waals surface area (Å²) in [7, 11) is 0. The maximum atomic E-state index is 12.3. The first-order chi connectivity index (χ1) is 8.71. The van der Waals surface area contributed by atoms with Gasteiger partial charge in [0.15, 0.2) is 0 Å². The van der Waals surface area contributed by atoms with Crippen molar-refractivity contribution in [1.82, 2.24) is 4.57 Å². The highest BCUT2D eigenvalue weighted by atomic mass is 127. The van der Waals surface area contributed by atoms with Gasteiger partial charge in [0.1, 0.15) is 5.56 Å². The molecule has 0 aliphatic heterocycles. The Hall–Kier alpha value is -1.37. The number of hydrogen-bond acceptors (Lipinski definition) is 2. The second kappa shape index (κ2) is 4.63. The van der Waals surface area contributed by atoms with E-state index < -0.39 is 5.91 Å². The Morgan fingerprint density at radius 1 is 1.32 bits per heavy atom. The van der Waals surface area contributed by atoms with Gasteiger partial charge in [-0.2, -0.15) is 0 Å². The topological polar surface area (TPSA) is 65.1 Å². The first-order valence-corrected chi connectivity index (χ1v) is 6.95. The molecular weight excluding hydrogens is 355 g/mol. The van der Waals surface area contributed by atoms with E-state index >= 15 is 0 Å². The van der Waals surface area contributed by atoms with Crippen LogP contribution in [-0.4, -0.2) is 10.5 Å². The van der Waals surface area contributed by atoms with E-state index in [4.69, 9.17) is 5.73 Å². The third kappa shape index (κ3) is 2.51. The molecular formula is C14H15IN2O2. The molecule has 2 rings (SSSR count). The lowest BCUT2D eigenvalue weighted by Crippen LogP contribution is -2.29. The minimum atomic E-state index is -0.691. The number of aromatic nitrogens is 1. The summed E-state index contributed by atoms with van der Waals surface area (Å²) in [6, 6.07) is 5.62. The lowest BCUT2D eigenvalue weighted by Gasteiger charge is -2.26. The van der Waals surface area contributed by atoms with E-state index in [0.29, 0.717) is 5.39 Å². The molecule has 1 aromatic heterocycles. The highest BCUT2D eigenvalue weighted by Crippen LogP contribution is 2.22. The molecule has 0 bridgehead atoms. The van der Waals surface area contributed by atoms with Gasteiger partial charge in [0.2, 0.25) is 5.43 Å². The average Bonchev–Trinajstić information content (AvgIpc) is 2.28. The van der Waals surface area contributed by atoms with Gasteiger partial charge in [-0.1, -0.05) is 0 Å². The van der Waals surface area contributed by atoms with Gasteiger partial charge in [0.25, 0.3) is 5.91 Å². The molecule has 100 valence electrons. The van der Waals surface area contributed by atoms with Crippen molar-refractivity contribution in [3.63, 3.8) is 0 Å². The first kappa shape index (κ1) is 14.0. The monoisotopic (exact) mass is 370 g/mol. The Kier molecular flexibility index (Phi) is 3.42. The molecule has 0 atom stereocenters. The van der Waals surface area contributed by atoms with E-state index in [-0.39, 0.29) is 16.5 Å². The molecule has 5 heteroatoms. The summed E-state index contributed by atoms with van der Waals surface area (Å²) in [5, 5.41) is 0.526. The molecule has 2 N–H and O–H groups in total. The third-order valence-corrected chi connectivity index (χ3v) is 3.62. The third-order valence-electron chi connectivity index (χ3n) is 2.95. The van der Waals surface area contributed by atoms with Gasteiger partial charge >= 0.3 is 0 Å². The zero-order valence-electron chi connectivity index (χ0n) is 11.0. The van der Waals surface area contributed by atoms with E-state index in [1.54, 1.807) is 12.3 Å². The van der Waals surface area contributed by atoms with E-state index in [1.807, 2.05) is 37.5 Å². The van der Waals surface area contributed by atoms with Crippen LogP contribution in [0.5, 0.6) is 0 Å². The molecule has 0 aliphatic rings. The van der Waals surface area contributed by atoms with Crippen molar-refractivity contribution >= 4 is 39.4 Å². The fourth-order valence-corrected chi connectivity index (χ4v) is 2.52. The smallest absolute Gasteiger partial charge is 0.254 e. The number of pyridine rings is 1. The van der Waals surface area contributed by atoms with E-state index in [1.165, 1.54) is 0 Å². The van der Waals surface area contributed by atoms with Crippen molar-refractivity contribution < 1.29 is 4.79 Å². The van der Waals surface area contributed by atoms with Gasteiger partial charge < -0.3 is 10.3 Å². The predicted octanol–water partition coefficient (Wildman–Crippen LogP) is 2.46. The van der Waals surface area contributed by atoms with Gasteiger partial charge in [-0.15, -0.1) is 0 Å². The van der Waals surface area contributed by atoms with Gasteiger partial charge in [-0.25, -0.2) is 0 Å². The number of primary amides is 1. The molecule has 0 saturated heterocycles. The molecule has 19 heavy (non-hydrogen) atoms. The lowest BCUT2D eigenvalue weighted by molar-refractivity contribution is 0.0998. The van der Waals surface area contributed by atoms with Crippen LogP contribution in [0.1, 0.15) is 31.1 Å². The summed E-state index contributed by atoms with van der Waals surface area (Å²) >= 11 is 2.14. The van der Waals surface area contributed by atoms with Crippen LogP contribution in [0.3, 0.4) is 0 Å².